The Morgan fingerprint density at radius 1 is 0.926 bits per heavy atom. The molecule has 0 saturated carbocycles. The van der Waals surface area contributed by atoms with Gasteiger partial charge in [-0.1, -0.05) is 55.8 Å². The molecule has 0 aliphatic carbocycles. The summed E-state index contributed by atoms with van der Waals surface area (Å²) < 4.78 is 0. The Hall–Kier alpha value is -2.19. The van der Waals surface area contributed by atoms with Crippen LogP contribution in [-0.4, -0.2) is 11.0 Å². The van der Waals surface area contributed by atoms with Gasteiger partial charge >= 0.3 is 0 Å². The number of fused-ring (bicyclic) bond motifs is 1. The topological polar surface area (TPSA) is 24.9 Å². The molecule has 3 aromatic rings. The third-order valence-corrected chi connectivity index (χ3v) is 5.58. The Morgan fingerprint density at radius 2 is 1.78 bits per heavy atom. The van der Waals surface area contributed by atoms with Crippen molar-refractivity contribution in [3.63, 3.8) is 0 Å². The average Bonchev–Trinajstić information content (AvgIpc) is 2.72. The quantitative estimate of drug-likeness (QED) is 0.469. The van der Waals surface area contributed by atoms with Gasteiger partial charge < -0.3 is 5.32 Å². The van der Waals surface area contributed by atoms with Gasteiger partial charge in [-0.25, -0.2) is 0 Å². The number of nitrogens with zero attached hydrogens (tertiary/aromatic N) is 1. The molecule has 0 spiro atoms. The van der Waals surface area contributed by atoms with Crippen molar-refractivity contribution in [1.82, 2.24) is 10.3 Å². The van der Waals surface area contributed by atoms with E-state index in [9.17, 15) is 0 Å². The van der Waals surface area contributed by atoms with E-state index in [1.807, 2.05) is 12.4 Å². The lowest BCUT2D eigenvalue weighted by atomic mass is 9.89. The van der Waals surface area contributed by atoms with E-state index in [1.165, 1.54) is 54.0 Å². The molecule has 0 aliphatic heterocycles. The van der Waals surface area contributed by atoms with Crippen molar-refractivity contribution in [2.75, 3.05) is 0 Å². The van der Waals surface area contributed by atoms with Crippen molar-refractivity contribution >= 4 is 10.8 Å². The second-order valence-electron chi connectivity index (χ2n) is 7.65. The molecule has 2 atom stereocenters. The second kappa shape index (κ2) is 10.2. The highest BCUT2D eigenvalue weighted by Crippen LogP contribution is 2.21. The van der Waals surface area contributed by atoms with Crippen LogP contribution in [0.1, 0.15) is 50.7 Å². The average molecular weight is 361 g/mol. The SMILES string of the molecule is CCCC(CCCc1ccccc1)[C@@H](C)NCc1ccc2cnccc2c1. The Labute approximate surface area is 164 Å². The number of pyridine rings is 1. The molecule has 1 unspecified atom stereocenters. The Morgan fingerprint density at radius 3 is 2.59 bits per heavy atom. The van der Waals surface area contributed by atoms with E-state index in [2.05, 4.69) is 78.7 Å². The number of rotatable bonds is 10. The summed E-state index contributed by atoms with van der Waals surface area (Å²) in [6.07, 6.45) is 10.1. The van der Waals surface area contributed by atoms with Crippen molar-refractivity contribution in [3.8, 4) is 0 Å². The van der Waals surface area contributed by atoms with Crippen molar-refractivity contribution in [2.45, 2.75) is 58.5 Å². The molecule has 1 aromatic heterocycles. The molecule has 0 saturated heterocycles. The van der Waals surface area contributed by atoms with Crippen LogP contribution >= 0.6 is 0 Å². The highest BCUT2D eigenvalue weighted by atomic mass is 14.9. The molecule has 0 amide bonds. The summed E-state index contributed by atoms with van der Waals surface area (Å²) in [7, 11) is 0. The van der Waals surface area contributed by atoms with E-state index >= 15 is 0 Å². The van der Waals surface area contributed by atoms with E-state index in [0.717, 1.165) is 12.5 Å². The van der Waals surface area contributed by atoms with Crippen LogP contribution in [0.2, 0.25) is 0 Å². The summed E-state index contributed by atoms with van der Waals surface area (Å²) in [6, 6.07) is 20.2. The molecule has 1 heterocycles. The highest BCUT2D eigenvalue weighted by Gasteiger charge is 2.16. The lowest BCUT2D eigenvalue weighted by molar-refractivity contribution is 0.323. The molecule has 0 fully saturated rings. The van der Waals surface area contributed by atoms with Gasteiger partial charge in [0.25, 0.3) is 0 Å². The Kier molecular flexibility index (Phi) is 7.41. The summed E-state index contributed by atoms with van der Waals surface area (Å²) in [6.45, 7) is 5.58. The van der Waals surface area contributed by atoms with Gasteiger partial charge in [0, 0.05) is 30.4 Å². The van der Waals surface area contributed by atoms with Crippen LogP contribution in [-0.2, 0) is 13.0 Å². The minimum atomic E-state index is 0.536. The normalized spacial score (nSPS) is 13.6. The van der Waals surface area contributed by atoms with E-state index in [0.29, 0.717) is 6.04 Å². The molecule has 0 bridgehead atoms. The van der Waals surface area contributed by atoms with Crippen LogP contribution < -0.4 is 5.32 Å². The van der Waals surface area contributed by atoms with Crippen LogP contribution in [0.3, 0.4) is 0 Å². The predicted octanol–water partition coefficient (Wildman–Crippen LogP) is 6.15. The third-order valence-electron chi connectivity index (χ3n) is 5.58. The molecular formula is C25H32N2. The van der Waals surface area contributed by atoms with E-state index in [1.54, 1.807) is 0 Å². The standard InChI is InChI=1S/C25H32N2/c1-3-8-23(12-7-11-21-9-5-4-6-10-21)20(2)27-18-22-13-14-25-19-26-16-15-24(25)17-22/h4-6,9-10,13-17,19-20,23,27H,3,7-8,11-12,18H2,1-2H3/t20-,23?/m1/s1. The summed E-state index contributed by atoms with van der Waals surface area (Å²) in [4.78, 5) is 4.20. The van der Waals surface area contributed by atoms with E-state index in [-0.39, 0.29) is 0 Å². The van der Waals surface area contributed by atoms with Gasteiger partial charge in [0.05, 0.1) is 0 Å². The van der Waals surface area contributed by atoms with Gasteiger partial charge in [-0.05, 0) is 67.2 Å². The summed E-state index contributed by atoms with van der Waals surface area (Å²) in [5.74, 6) is 0.739. The number of hydrogen-bond acceptors (Lipinski definition) is 2. The second-order valence-corrected chi connectivity index (χ2v) is 7.65. The first-order chi connectivity index (χ1) is 13.3. The smallest absolute Gasteiger partial charge is 0.0346 e. The molecular weight excluding hydrogens is 328 g/mol. The fourth-order valence-corrected chi connectivity index (χ4v) is 3.92. The van der Waals surface area contributed by atoms with Crippen molar-refractivity contribution in [1.29, 1.82) is 0 Å². The van der Waals surface area contributed by atoms with E-state index < -0.39 is 0 Å². The van der Waals surface area contributed by atoms with E-state index in [4.69, 9.17) is 0 Å². The van der Waals surface area contributed by atoms with Crippen LogP contribution in [0.15, 0.2) is 67.0 Å². The molecule has 0 aliphatic rings. The summed E-state index contributed by atoms with van der Waals surface area (Å²) >= 11 is 0. The maximum absolute atomic E-state index is 4.20. The Balaban J connectivity index is 1.51. The zero-order valence-corrected chi connectivity index (χ0v) is 16.7. The highest BCUT2D eigenvalue weighted by molar-refractivity contribution is 5.81. The van der Waals surface area contributed by atoms with Crippen molar-refractivity contribution in [3.05, 3.63) is 78.1 Å². The molecule has 1 N–H and O–H groups in total. The van der Waals surface area contributed by atoms with Gasteiger partial charge in [-0.15, -0.1) is 0 Å². The van der Waals surface area contributed by atoms with Crippen LogP contribution in [0.25, 0.3) is 10.8 Å². The van der Waals surface area contributed by atoms with Crippen molar-refractivity contribution in [2.24, 2.45) is 5.92 Å². The first-order valence-corrected chi connectivity index (χ1v) is 10.4. The minimum absolute atomic E-state index is 0.536. The van der Waals surface area contributed by atoms with Crippen molar-refractivity contribution < 1.29 is 0 Å². The zero-order valence-electron chi connectivity index (χ0n) is 16.7. The summed E-state index contributed by atoms with van der Waals surface area (Å²) in [5, 5.41) is 6.26. The molecule has 3 rings (SSSR count). The first-order valence-electron chi connectivity index (χ1n) is 10.4. The first kappa shape index (κ1) is 19.6. The van der Waals surface area contributed by atoms with Crippen LogP contribution in [0, 0.1) is 5.92 Å². The van der Waals surface area contributed by atoms with Crippen LogP contribution in [0.5, 0.6) is 0 Å². The monoisotopic (exact) mass is 360 g/mol. The lowest BCUT2D eigenvalue weighted by Gasteiger charge is -2.25. The van der Waals surface area contributed by atoms with Gasteiger partial charge in [0.1, 0.15) is 0 Å². The molecule has 0 radical (unpaired) electrons. The van der Waals surface area contributed by atoms with Gasteiger partial charge in [0.2, 0.25) is 0 Å². The number of hydrogen-bond donors (Lipinski definition) is 1. The number of benzene rings is 2. The third kappa shape index (κ3) is 5.90. The number of aromatic nitrogens is 1. The fraction of sp³-hybridized carbons (Fsp3) is 0.400. The zero-order chi connectivity index (χ0) is 18.9. The van der Waals surface area contributed by atoms with Gasteiger partial charge in [-0.2, -0.15) is 0 Å². The Bertz CT molecular complexity index is 813. The minimum Gasteiger partial charge on any atom is -0.310 e. The molecule has 2 heteroatoms. The maximum atomic E-state index is 4.20. The largest absolute Gasteiger partial charge is 0.310 e. The van der Waals surface area contributed by atoms with Gasteiger partial charge in [-0.3, -0.25) is 4.98 Å². The molecule has 2 aromatic carbocycles. The lowest BCUT2D eigenvalue weighted by Crippen LogP contribution is -2.33. The number of nitrogens with one attached hydrogen (secondary N) is 1. The molecule has 2 nitrogen and oxygen atoms in total. The number of aryl methyl sites for hydroxylation is 1. The molecule has 27 heavy (non-hydrogen) atoms. The summed E-state index contributed by atoms with van der Waals surface area (Å²) in [5.41, 5.74) is 2.80. The van der Waals surface area contributed by atoms with Gasteiger partial charge in [0.15, 0.2) is 0 Å². The molecule has 142 valence electrons. The maximum Gasteiger partial charge on any atom is 0.0346 e. The van der Waals surface area contributed by atoms with Crippen LogP contribution in [0.4, 0.5) is 0 Å². The fourth-order valence-electron chi connectivity index (χ4n) is 3.92. The predicted molar refractivity (Wildman–Crippen MR) is 116 cm³/mol.